The Morgan fingerprint density at radius 2 is 1.43 bits per heavy atom. The number of rotatable bonds is 4. The number of Topliss-reactive ketones (excluding diaryl/α,β-unsaturated/α-hetero) is 2. The molecule has 2 aliphatic carbocycles. The van der Waals surface area contributed by atoms with Gasteiger partial charge < -0.3 is 9.64 Å². The molecule has 5 rings (SSSR count). The third-order valence-electron chi connectivity index (χ3n) is 7.77. The molecule has 37 heavy (non-hydrogen) atoms. The first kappa shape index (κ1) is 26.2. The summed E-state index contributed by atoms with van der Waals surface area (Å²) in [5.74, 6) is 0.375. The minimum Gasteiger partial charge on any atom is -0.489 e. The highest BCUT2D eigenvalue weighted by molar-refractivity contribution is 9.10. The molecule has 4 nitrogen and oxygen atoms in total. The SMILES string of the molecule is CN1C2=C(C(=O)CC(C)(C)C2)C(c2cc(Cl)ccc2OCc2ccc(Br)cc2)C2=C1CC(C)(C)CC2=O. The van der Waals surface area contributed by atoms with Crippen LogP contribution in [0.5, 0.6) is 5.75 Å². The van der Waals surface area contributed by atoms with Crippen molar-refractivity contribution in [3.05, 3.63) is 85.6 Å². The van der Waals surface area contributed by atoms with Crippen LogP contribution in [0.2, 0.25) is 5.02 Å². The minimum absolute atomic E-state index is 0.103. The number of carbonyl (C=O) groups excluding carboxylic acids is 2. The first-order chi connectivity index (χ1) is 17.3. The first-order valence-corrected chi connectivity index (χ1v) is 14.0. The molecule has 2 aromatic rings. The lowest BCUT2D eigenvalue weighted by molar-refractivity contribution is -0.119. The van der Waals surface area contributed by atoms with Crippen LogP contribution in [0.1, 0.15) is 70.4 Å². The summed E-state index contributed by atoms with van der Waals surface area (Å²) in [7, 11) is 2.02. The lowest BCUT2D eigenvalue weighted by atomic mass is 9.63. The van der Waals surface area contributed by atoms with E-state index in [-0.39, 0.29) is 22.4 Å². The number of halogens is 2. The van der Waals surface area contributed by atoms with Crippen LogP contribution in [0, 0.1) is 10.8 Å². The Morgan fingerprint density at radius 1 is 0.892 bits per heavy atom. The maximum atomic E-state index is 13.8. The second-order valence-corrected chi connectivity index (χ2v) is 13.5. The summed E-state index contributed by atoms with van der Waals surface area (Å²) >= 11 is 10.0. The second-order valence-electron chi connectivity index (χ2n) is 12.2. The van der Waals surface area contributed by atoms with E-state index in [1.807, 2.05) is 43.4 Å². The Balaban J connectivity index is 1.67. The Morgan fingerprint density at radius 3 is 1.97 bits per heavy atom. The molecule has 0 spiro atoms. The first-order valence-electron chi connectivity index (χ1n) is 12.8. The zero-order valence-electron chi connectivity index (χ0n) is 22.1. The molecule has 1 aliphatic heterocycles. The molecule has 6 heteroatoms. The van der Waals surface area contributed by atoms with Gasteiger partial charge >= 0.3 is 0 Å². The summed E-state index contributed by atoms with van der Waals surface area (Å²) in [6, 6.07) is 13.5. The molecule has 0 atom stereocenters. The molecule has 0 saturated heterocycles. The van der Waals surface area contributed by atoms with Crippen molar-refractivity contribution in [1.29, 1.82) is 0 Å². The van der Waals surface area contributed by atoms with Crippen molar-refractivity contribution in [3.63, 3.8) is 0 Å². The van der Waals surface area contributed by atoms with Crippen LogP contribution in [0.25, 0.3) is 0 Å². The van der Waals surface area contributed by atoms with Gasteiger partial charge in [0.1, 0.15) is 12.4 Å². The standard InChI is InChI=1S/C31H33BrClNO3/c1-30(2)13-22-28(24(35)15-30)27(29-23(34(22)5)14-31(3,4)16-25(29)36)21-12-20(33)10-11-26(21)37-17-18-6-8-19(32)9-7-18/h6-12,27H,13-17H2,1-5H3. The van der Waals surface area contributed by atoms with Gasteiger partial charge in [0.15, 0.2) is 11.6 Å². The van der Waals surface area contributed by atoms with E-state index in [1.54, 1.807) is 6.07 Å². The quantitative estimate of drug-likeness (QED) is 0.366. The number of benzene rings is 2. The predicted molar refractivity (Wildman–Crippen MR) is 151 cm³/mol. The monoisotopic (exact) mass is 581 g/mol. The van der Waals surface area contributed by atoms with E-state index in [0.717, 1.165) is 51.0 Å². The second kappa shape index (κ2) is 9.43. The maximum absolute atomic E-state index is 13.8. The molecule has 0 saturated carbocycles. The van der Waals surface area contributed by atoms with E-state index in [0.29, 0.717) is 30.2 Å². The fourth-order valence-electron chi connectivity index (χ4n) is 6.09. The predicted octanol–water partition coefficient (Wildman–Crippen LogP) is 8.00. The van der Waals surface area contributed by atoms with Gasteiger partial charge in [-0.2, -0.15) is 0 Å². The van der Waals surface area contributed by atoms with Crippen LogP contribution in [0.4, 0.5) is 0 Å². The number of ketones is 2. The fraction of sp³-hybridized carbons (Fsp3) is 0.419. The van der Waals surface area contributed by atoms with Crippen LogP contribution < -0.4 is 4.74 Å². The summed E-state index contributed by atoms with van der Waals surface area (Å²) in [5, 5.41) is 0.557. The van der Waals surface area contributed by atoms with Crippen LogP contribution in [0.15, 0.2) is 69.5 Å². The number of nitrogens with zero attached hydrogens (tertiary/aromatic N) is 1. The van der Waals surface area contributed by atoms with E-state index in [1.165, 1.54) is 0 Å². The average Bonchev–Trinajstić information content (AvgIpc) is 2.79. The van der Waals surface area contributed by atoms with Crippen molar-refractivity contribution in [2.75, 3.05) is 7.05 Å². The Hall–Kier alpha value is -2.37. The summed E-state index contributed by atoms with van der Waals surface area (Å²) in [6.07, 6.45) is 2.46. The number of hydrogen-bond donors (Lipinski definition) is 0. The largest absolute Gasteiger partial charge is 0.489 e. The average molecular weight is 583 g/mol. The minimum atomic E-state index is -0.480. The van der Waals surface area contributed by atoms with Crippen molar-refractivity contribution in [1.82, 2.24) is 4.90 Å². The highest BCUT2D eigenvalue weighted by Crippen LogP contribution is 2.55. The molecule has 3 aliphatic rings. The Bertz CT molecular complexity index is 1300. The third kappa shape index (κ3) is 5.05. The molecular weight excluding hydrogens is 550 g/mol. The van der Waals surface area contributed by atoms with Crippen LogP contribution in [-0.4, -0.2) is 23.5 Å². The van der Waals surface area contributed by atoms with Gasteiger partial charge in [-0.05, 0) is 59.6 Å². The van der Waals surface area contributed by atoms with Crippen LogP contribution in [-0.2, 0) is 16.2 Å². The number of carbonyl (C=O) groups is 2. The van der Waals surface area contributed by atoms with E-state index >= 15 is 0 Å². The maximum Gasteiger partial charge on any atom is 0.162 e. The molecule has 0 unspecified atom stereocenters. The Kier molecular flexibility index (Phi) is 6.69. The van der Waals surface area contributed by atoms with Gasteiger partial charge in [0.25, 0.3) is 0 Å². The van der Waals surface area contributed by atoms with Gasteiger partial charge in [0.2, 0.25) is 0 Å². The van der Waals surface area contributed by atoms with Gasteiger partial charge in [0, 0.05) is 63.4 Å². The summed E-state index contributed by atoms with van der Waals surface area (Å²) in [6.45, 7) is 8.94. The van der Waals surface area contributed by atoms with E-state index in [9.17, 15) is 9.59 Å². The molecule has 1 heterocycles. The number of allylic oxidation sites excluding steroid dienone is 4. The van der Waals surface area contributed by atoms with Gasteiger partial charge in [-0.3, -0.25) is 9.59 Å². The normalized spacial score (nSPS) is 21.2. The van der Waals surface area contributed by atoms with Gasteiger partial charge in [-0.1, -0.05) is 67.4 Å². The molecule has 194 valence electrons. The van der Waals surface area contributed by atoms with Crippen molar-refractivity contribution in [3.8, 4) is 5.75 Å². The highest BCUT2D eigenvalue weighted by atomic mass is 79.9. The topological polar surface area (TPSA) is 46.6 Å². The van der Waals surface area contributed by atoms with E-state index < -0.39 is 5.92 Å². The van der Waals surface area contributed by atoms with Gasteiger partial charge in [-0.25, -0.2) is 0 Å². The number of hydrogen-bond acceptors (Lipinski definition) is 4. The molecule has 0 amide bonds. The molecule has 0 aromatic heterocycles. The smallest absolute Gasteiger partial charge is 0.162 e. The highest BCUT2D eigenvalue weighted by Gasteiger charge is 2.48. The molecule has 2 aromatic carbocycles. The van der Waals surface area contributed by atoms with E-state index in [2.05, 4.69) is 48.5 Å². The third-order valence-corrected chi connectivity index (χ3v) is 8.53. The van der Waals surface area contributed by atoms with Crippen LogP contribution >= 0.6 is 27.5 Å². The summed E-state index contributed by atoms with van der Waals surface area (Å²) in [5.41, 5.74) is 5.03. The van der Waals surface area contributed by atoms with Crippen LogP contribution in [0.3, 0.4) is 0 Å². The zero-order valence-corrected chi connectivity index (χ0v) is 24.4. The van der Waals surface area contributed by atoms with Crippen molar-refractivity contribution in [2.45, 2.75) is 65.9 Å². The van der Waals surface area contributed by atoms with E-state index in [4.69, 9.17) is 16.3 Å². The molecule has 0 radical (unpaired) electrons. The van der Waals surface area contributed by atoms with Crippen molar-refractivity contribution < 1.29 is 14.3 Å². The lowest BCUT2D eigenvalue weighted by Crippen LogP contribution is -2.43. The van der Waals surface area contributed by atoms with Crippen molar-refractivity contribution >= 4 is 39.1 Å². The molecular formula is C31H33BrClNO3. The molecule has 0 N–H and O–H groups in total. The van der Waals surface area contributed by atoms with Crippen molar-refractivity contribution in [2.24, 2.45) is 10.8 Å². The lowest BCUT2D eigenvalue weighted by Gasteiger charge is -2.48. The number of ether oxygens (including phenoxy) is 1. The van der Waals surface area contributed by atoms with Gasteiger partial charge in [0.05, 0.1) is 0 Å². The molecule has 0 fully saturated rings. The molecule has 0 bridgehead atoms. The zero-order chi connectivity index (χ0) is 26.7. The fourth-order valence-corrected chi connectivity index (χ4v) is 6.54. The summed E-state index contributed by atoms with van der Waals surface area (Å²) < 4.78 is 7.36. The van der Waals surface area contributed by atoms with Gasteiger partial charge in [-0.15, -0.1) is 0 Å². The summed E-state index contributed by atoms with van der Waals surface area (Å²) in [4.78, 5) is 29.7. The Labute approximate surface area is 232 Å².